The van der Waals surface area contributed by atoms with Gasteiger partial charge in [-0.05, 0) is 34.2 Å². The molecule has 0 unspecified atom stereocenters. The SMILES string of the molecule is Ic1ccccc1Cn1ccnn1. The number of rotatable bonds is 2. The van der Waals surface area contributed by atoms with Gasteiger partial charge in [0.05, 0.1) is 12.7 Å². The number of hydrogen-bond acceptors (Lipinski definition) is 2. The molecule has 2 rings (SSSR count). The van der Waals surface area contributed by atoms with Crippen LogP contribution in [0.4, 0.5) is 0 Å². The van der Waals surface area contributed by atoms with Crippen LogP contribution in [0.5, 0.6) is 0 Å². The molecule has 0 aliphatic carbocycles. The van der Waals surface area contributed by atoms with Gasteiger partial charge in [-0.25, -0.2) is 4.68 Å². The van der Waals surface area contributed by atoms with Crippen molar-refractivity contribution in [1.82, 2.24) is 15.0 Å². The number of halogens is 1. The van der Waals surface area contributed by atoms with E-state index in [4.69, 9.17) is 0 Å². The molecule has 1 aromatic heterocycles. The lowest BCUT2D eigenvalue weighted by Gasteiger charge is -2.02. The molecule has 0 saturated heterocycles. The third-order valence-corrected chi connectivity index (χ3v) is 2.81. The molecule has 0 aliphatic rings. The molecule has 1 aromatic carbocycles. The molecule has 0 fully saturated rings. The minimum atomic E-state index is 0.791. The first-order valence-electron chi connectivity index (χ1n) is 3.94. The molecule has 0 atom stereocenters. The lowest BCUT2D eigenvalue weighted by atomic mass is 10.2. The second kappa shape index (κ2) is 3.87. The molecule has 0 bridgehead atoms. The van der Waals surface area contributed by atoms with Crippen molar-refractivity contribution in [1.29, 1.82) is 0 Å². The smallest absolute Gasteiger partial charge is 0.0693 e. The average molecular weight is 285 g/mol. The van der Waals surface area contributed by atoms with Crippen LogP contribution in [0.2, 0.25) is 0 Å². The van der Waals surface area contributed by atoms with Crippen molar-refractivity contribution in [2.24, 2.45) is 0 Å². The topological polar surface area (TPSA) is 30.7 Å². The van der Waals surface area contributed by atoms with Gasteiger partial charge in [-0.15, -0.1) is 5.10 Å². The predicted molar refractivity (Wildman–Crippen MR) is 58.3 cm³/mol. The van der Waals surface area contributed by atoms with Gasteiger partial charge in [-0.2, -0.15) is 0 Å². The minimum Gasteiger partial charge on any atom is -0.248 e. The van der Waals surface area contributed by atoms with Crippen LogP contribution < -0.4 is 0 Å². The largest absolute Gasteiger partial charge is 0.248 e. The van der Waals surface area contributed by atoms with Crippen LogP contribution in [0.25, 0.3) is 0 Å². The Morgan fingerprint density at radius 2 is 2.15 bits per heavy atom. The minimum absolute atomic E-state index is 0.791. The summed E-state index contributed by atoms with van der Waals surface area (Å²) in [5, 5.41) is 7.67. The Hall–Kier alpha value is -0.910. The summed E-state index contributed by atoms with van der Waals surface area (Å²) in [6, 6.07) is 8.26. The quantitative estimate of drug-likeness (QED) is 0.789. The van der Waals surface area contributed by atoms with E-state index in [9.17, 15) is 0 Å². The molecule has 4 heteroatoms. The Balaban J connectivity index is 2.24. The van der Waals surface area contributed by atoms with E-state index in [1.165, 1.54) is 9.13 Å². The predicted octanol–water partition coefficient (Wildman–Crippen LogP) is 1.93. The molecule has 0 amide bonds. The first kappa shape index (κ1) is 8.68. The van der Waals surface area contributed by atoms with Crippen LogP contribution in [0.15, 0.2) is 36.7 Å². The van der Waals surface area contributed by atoms with E-state index in [2.05, 4.69) is 45.0 Å². The molecule has 13 heavy (non-hydrogen) atoms. The highest BCUT2D eigenvalue weighted by molar-refractivity contribution is 14.1. The second-order valence-corrected chi connectivity index (χ2v) is 3.85. The number of nitrogens with zero attached hydrogens (tertiary/aromatic N) is 3. The molecule has 0 aliphatic heterocycles. The van der Waals surface area contributed by atoms with E-state index in [-0.39, 0.29) is 0 Å². The van der Waals surface area contributed by atoms with Crippen molar-refractivity contribution in [3.8, 4) is 0 Å². The van der Waals surface area contributed by atoms with Crippen LogP contribution in [-0.2, 0) is 6.54 Å². The third kappa shape index (κ3) is 2.06. The Morgan fingerprint density at radius 1 is 1.31 bits per heavy atom. The van der Waals surface area contributed by atoms with Crippen molar-refractivity contribution in [3.05, 3.63) is 45.8 Å². The van der Waals surface area contributed by atoms with Gasteiger partial charge in [0.25, 0.3) is 0 Å². The van der Waals surface area contributed by atoms with E-state index in [1.54, 1.807) is 6.20 Å². The standard InChI is InChI=1S/C9H8IN3/c10-9-4-2-1-3-8(9)7-13-6-5-11-12-13/h1-6H,7H2. The zero-order chi connectivity index (χ0) is 9.10. The summed E-state index contributed by atoms with van der Waals surface area (Å²) in [6.45, 7) is 0.791. The first-order valence-corrected chi connectivity index (χ1v) is 5.01. The van der Waals surface area contributed by atoms with Crippen molar-refractivity contribution >= 4 is 22.6 Å². The molecule has 0 spiro atoms. The highest BCUT2D eigenvalue weighted by Gasteiger charge is 1.98. The Bertz CT molecular complexity index is 384. The molecule has 66 valence electrons. The summed E-state index contributed by atoms with van der Waals surface area (Å²) < 4.78 is 3.08. The lowest BCUT2D eigenvalue weighted by Crippen LogP contribution is -2.01. The van der Waals surface area contributed by atoms with Crippen molar-refractivity contribution in [2.45, 2.75) is 6.54 Å². The van der Waals surface area contributed by atoms with Gasteiger partial charge in [0, 0.05) is 9.77 Å². The maximum atomic E-state index is 3.92. The fraction of sp³-hybridized carbons (Fsp3) is 0.111. The van der Waals surface area contributed by atoms with E-state index in [0.29, 0.717) is 0 Å². The van der Waals surface area contributed by atoms with Gasteiger partial charge in [0.2, 0.25) is 0 Å². The first-order chi connectivity index (χ1) is 6.36. The van der Waals surface area contributed by atoms with E-state index in [0.717, 1.165) is 6.54 Å². The van der Waals surface area contributed by atoms with Crippen LogP contribution in [0, 0.1) is 3.57 Å². The van der Waals surface area contributed by atoms with E-state index < -0.39 is 0 Å². The fourth-order valence-electron chi connectivity index (χ4n) is 1.12. The summed E-state index contributed by atoms with van der Waals surface area (Å²) in [7, 11) is 0. The molecular weight excluding hydrogens is 277 g/mol. The fourth-order valence-corrected chi connectivity index (χ4v) is 1.68. The Kier molecular flexibility index (Phi) is 2.58. The summed E-state index contributed by atoms with van der Waals surface area (Å²) >= 11 is 2.32. The summed E-state index contributed by atoms with van der Waals surface area (Å²) in [5.41, 5.74) is 1.27. The van der Waals surface area contributed by atoms with Crippen LogP contribution in [0.3, 0.4) is 0 Å². The van der Waals surface area contributed by atoms with Gasteiger partial charge < -0.3 is 0 Å². The molecule has 3 nitrogen and oxygen atoms in total. The van der Waals surface area contributed by atoms with Gasteiger partial charge in [-0.1, -0.05) is 23.4 Å². The molecule has 0 radical (unpaired) electrons. The molecule has 0 N–H and O–H groups in total. The maximum Gasteiger partial charge on any atom is 0.0693 e. The molecule has 1 heterocycles. The van der Waals surface area contributed by atoms with Crippen LogP contribution in [0.1, 0.15) is 5.56 Å². The highest BCUT2D eigenvalue weighted by atomic mass is 127. The van der Waals surface area contributed by atoms with Crippen LogP contribution in [-0.4, -0.2) is 15.0 Å². The van der Waals surface area contributed by atoms with Gasteiger partial charge in [-0.3, -0.25) is 0 Å². The maximum absolute atomic E-state index is 3.92. The van der Waals surface area contributed by atoms with Gasteiger partial charge in [0.15, 0.2) is 0 Å². The van der Waals surface area contributed by atoms with Crippen molar-refractivity contribution in [2.75, 3.05) is 0 Å². The van der Waals surface area contributed by atoms with Crippen molar-refractivity contribution in [3.63, 3.8) is 0 Å². The van der Waals surface area contributed by atoms with Gasteiger partial charge >= 0.3 is 0 Å². The zero-order valence-corrected chi connectivity index (χ0v) is 9.05. The average Bonchev–Trinajstić information content (AvgIpc) is 2.61. The highest BCUT2D eigenvalue weighted by Crippen LogP contribution is 2.11. The Morgan fingerprint density at radius 3 is 2.85 bits per heavy atom. The second-order valence-electron chi connectivity index (χ2n) is 2.69. The summed E-state index contributed by atoms with van der Waals surface area (Å²) in [4.78, 5) is 0. The Labute approximate surface area is 89.9 Å². The van der Waals surface area contributed by atoms with Crippen molar-refractivity contribution < 1.29 is 0 Å². The number of benzene rings is 1. The molecule has 2 aromatic rings. The summed E-state index contributed by atoms with van der Waals surface area (Å²) in [5.74, 6) is 0. The monoisotopic (exact) mass is 285 g/mol. The van der Waals surface area contributed by atoms with Gasteiger partial charge in [0.1, 0.15) is 0 Å². The zero-order valence-electron chi connectivity index (χ0n) is 6.89. The number of hydrogen-bond donors (Lipinski definition) is 0. The summed E-state index contributed by atoms with van der Waals surface area (Å²) in [6.07, 6.45) is 3.55. The molecule has 0 saturated carbocycles. The third-order valence-electron chi connectivity index (χ3n) is 1.76. The number of aromatic nitrogens is 3. The van der Waals surface area contributed by atoms with E-state index >= 15 is 0 Å². The van der Waals surface area contributed by atoms with E-state index in [1.807, 2.05) is 23.0 Å². The molecular formula is C9H8IN3. The normalized spacial score (nSPS) is 10.2. The van der Waals surface area contributed by atoms with Crippen LogP contribution >= 0.6 is 22.6 Å². The lowest BCUT2D eigenvalue weighted by molar-refractivity contribution is 0.648.